The first-order valence-corrected chi connectivity index (χ1v) is 7.73. The van der Waals surface area contributed by atoms with Gasteiger partial charge in [0, 0.05) is 5.02 Å². The molecule has 0 heterocycles. The van der Waals surface area contributed by atoms with Gasteiger partial charge >= 0.3 is 0 Å². The van der Waals surface area contributed by atoms with E-state index < -0.39 is 6.10 Å². The van der Waals surface area contributed by atoms with Crippen molar-refractivity contribution in [1.82, 2.24) is 0 Å². The number of aryl methyl sites for hydroxylation is 1. The Kier molecular flexibility index (Phi) is 6.02. The molecule has 120 valence electrons. The predicted octanol–water partition coefficient (Wildman–Crippen LogP) is 4.68. The van der Waals surface area contributed by atoms with Crippen LogP contribution in [0.2, 0.25) is 10.0 Å². The minimum atomic E-state index is -0.773. The Balaban J connectivity index is 1.95. The molecule has 0 spiro atoms. The summed E-state index contributed by atoms with van der Waals surface area (Å²) in [5, 5.41) is 7.40. The third-order valence-corrected chi connectivity index (χ3v) is 3.72. The molecular weight excluding hydrogens is 335 g/mol. The summed E-state index contributed by atoms with van der Waals surface area (Å²) >= 11 is 11.9. The zero-order chi connectivity index (χ0) is 16.8. The van der Waals surface area contributed by atoms with Crippen LogP contribution < -0.4 is 5.32 Å². The van der Waals surface area contributed by atoms with Crippen LogP contribution >= 0.6 is 23.2 Å². The van der Waals surface area contributed by atoms with E-state index in [1.807, 2.05) is 31.2 Å². The lowest BCUT2D eigenvalue weighted by molar-refractivity contribution is -0.126. The molecule has 0 saturated heterocycles. The standard InChI is InChI=1S/C17H16Cl2N2O2/c1-11-5-3-4-6-13(11)10-20-23-12(2)17(22)21-16-9-14(18)7-8-15(16)19/h3-10,12H,1-2H3,(H,21,22)/b20-10-/t12-/m0/s1. The minimum absolute atomic E-state index is 0.365. The largest absolute Gasteiger partial charge is 0.383 e. The van der Waals surface area contributed by atoms with Crippen LogP contribution in [0.1, 0.15) is 18.1 Å². The SMILES string of the molecule is Cc1ccccc1/C=N\O[C@@H](C)C(=O)Nc1cc(Cl)ccc1Cl. The Labute approximate surface area is 145 Å². The molecule has 6 heteroatoms. The summed E-state index contributed by atoms with van der Waals surface area (Å²) < 4.78 is 0. The molecule has 0 unspecified atom stereocenters. The van der Waals surface area contributed by atoms with Crippen molar-refractivity contribution in [2.45, 2.75) is 20.0 Å². The molecule has 0 fully saturated rings. The second-order valence-corrected chi connectivity index (χ2v) is 5.80. The first-order valence-electron chi connectivity index (χ1n) is 6.98. The van der Waals surface area contributed by atoms with Gasteiger partial charge in [0.15, 0.2) is 0 Å². The van der Waals surface area contributed by atoms with Crippen LogP contribution in [-0.2, 0) is 9.63 Å². The van der Waals surface area contributed by atoms with Gasteiger partial charge in [0.25, 0.3) is 5.91 Å². The smallest absolute Gasteiger partial charge is 0.268 e. The van der Waals surface area contributed by atoms with E-state index in [4.69, 9.17) is 28.0 Å². The fourth-order valence-corrected chi connectivity index (χ4v) is 2.12. The van der Waals surface area contributed by atoms with Crippen LogP contribution in [0.5, 0.6) is 0 Å². The maximum Gasteiger partial charge on any atom is 0.268 e. The Hall–Kier alpha value is -2.04. The number of amides is 1. The lowest BCUT2D eigenvalue weighted by Crippen LogP contribution is -2.26. The number of anilines is 1. The van der Waals surface area contributed by atoms with Crippen molar-refractivity contribution in [3.8, 4) is 0 Å². The highest BCUT2D eigenvalue weighted by molar-refractivity contribution is 6.35. The zero-order valence-corrected chi connectivity index (χ0v) is 14.2. The summed E-state index contributed by atoms with van der Waals surface area (Å²) in [6.45, 7) is 3.57. The molecule has 4 nitrogen and oxygen atoms in total. The summed E-state index contributed by atoms with van der Waals surface area (Å²) in [5.74, 6) is -0.365. The highest BCUT2D eigenvalue weighted by Gasteiger charge is 2.15. The topological polar surface area (TPSA) is 50.7 Å². The van der Waals surface area contributed by atoms with Crippen LogP contribution in [0.25, 0.3) is 0 Å². The molecule has 1 N–H and O–H groups in total. The first kappa shape index (κ1) is 17.3. The molecular formula is C17H16Cl2N2O2. The first-order chi connectivity index (χ1) is 11.0. The third-order valence-electron chi connectivity index (χ3n) is 3.15. The van der Waals surface area contributed by atoms with E-state index in [0.717, 1.165) is 11.1 Å². The second-order valence-electron chi connectivity index (χ2n) is 4.95. The number of halogens is 2. The Morgan fingerprint density at radius 3 is 2.74 bits per heavy atom. The van der Waals surface area contributed by atoms with Crippen LogP contribution in [0.15, 0.2) is 47.6 Å². The molecule has 2 aromatic rings. The average Bonchev–Trinajstić information content (AvgIpc) is 2.52. The monoisotopic (exact) mass is 350 g/mol. The van der Waals surface area contributed by atoms with Crippen molar-refractivity contribution in [3.63, 3.8) is 0 Å². The van der Waals surface area contributed by atoms with Gasteiger partial charge in [-0.05, 0) is 43.2 Å². The molecule has 0 aliphatic carbocycles. The van der Waals surface area contributed by atoms with E-state index in [1.54, 1.807) is 31.3 Å². The number of rotatable bonds is 5. The molecule has 2 aromatic carbocycles. The van der Waals surface area contributed by atoms with E-state index in [-0.39, 0.29) is 5.91 Å². The second kappa shape index (κ2) is 7.99. The lowest BCUT2D eigenvalue weighted by Gasteiger charge is -2.12. The number of carbonyl (C=O) groups is 1. The highest BCUT2D eigenvalue weighted by atomic mass is 35.5. The van der Waals surface area contributed by atoms with Crippen molar-refractivity contribution in [3.05, 3.63) is 63.6 Å². The fraction of sp³-hybridized carbons (Fsp3) is 0.176. The molecule has 0 aromatic heterocycles. The molecule has 2 rings (SSSR count). The summed E-state index contributed by atoms with van der Waals surface area (Å²) in [4.78, 5) is 17.3. The van der Waals surface area contributed by atoms with Crippen molar-refractivity contribution in [2.24, 2.45) is 5.16 Å². The molecule has 1 atom stereocenters. The molecule has 0 radical (unpaired) electrons. The van der Waals surface area contributed by atoms with Crippen LogP contribution in [0, 0.1) is 6.92 Å². The third kappa shape index (κ3) is 4.98. The number of oxime groups is 1. The molecule has 0 aliphatic rings. The van der Waals surface area contributed by atoms with E-state index in [2.05, 4.69) is 10.5 Å². The van der Waals surface area contributed by atoms with Gasteiger partial charge in [-0.3, -0.25) is 4.79 Å². The number of hydrogen-bond donors (Lipinski definition) is 1. The van der Waals surface area contributed by atoms with Crippen molar-refractivity contribution < 1.29 is 9.63 Å². The Bertz CT molecular complexity index is 732. The number of nitrogens with one attached hydrogen (secondary N) is 1. The maximum atomic E-state index is 12.1. The van der Waals surface area contributed by atoms with Gasteiger partial charge in [-0.2, -0.15) is 0 Å². The van der Waals surface area contributed by atoms with Crippen LogP contribution in [-0.4, -0.2) is 18.2 Å². The summed E-state index contributed by atoms with van der Waals surface area (Å²) in [5.41, 5.74) is 2.43. The Morgan fingerprint density at radius 2 is 2.00 bits per heavy atom. The van der Waals surface area contributed by atoms with Crippen LogP contribution in [0.4, 0.5) is 5.69 Å². The van der Waals surface area contributed by atoms with Gasteiger partial charge in [-0.1, -0.05) is 52.6 Å². The molecule has 1 amide bonds. The molecule has 23 heavy (non-hydrogen) atoms. The minimum Gasteiger partial charge on any atom is -0.383 e. The van der Waals surface area contributed by atoms with Crippen molar-refractivity contribution in [1.29, 1.82) is 0 Å². The highest BCUT2D eigenvalue weighted by Crippen LogP contribution is 2.25. The Morgan fingerprint density at radius 1 is 1.26 bits per heavy atom. The quantitative estimate of drug-likeness (QED) is 0.628. The number of benzene rings is 2. The van der Waals surface area contributed by atoms with Crippen LogP contribution in [0.3, 0.4) is 0 Å². The van der Waals surface area contributed by atoms with Gasteiger partial charge in [0.1, 0.15) is 0 Å². The zero-order valence-electron chi connectivity index (χ0n) is 12.7. The summed E-state index contributed by atoms with van der Waals surface area (Å²) in [6, 6.07) is 12.6. The van der Waals surface area contributed by atoms with Gasteiger partial charge in [-0.15, -0.1) is 0 Å². The summed E-state index contributed by atoms with van der Waals surface area (Å²) in [6.07, 6.45) is 0.802. The molecule has 0 saturated carbocycles. The van der Waals surface area contributed by atoms with Gasteiger partial charge < -0.3 is 10.2 Å². The fourth-order valence-electron chi connectivity index (χ4n) is 1.79. The van der Waals surface area contributed by atoms with E-state index in [1.165, 1.54) is 0 Å². The van der Waals surface area contributed by atoms with Gasteiger partial charge in [0.05, 0.1) is 16.9 Å². The van der Waals surface area contributed by atoms with Crippen molar-refractivity contribution in [2.75, 3.05) is 5.32 Å². The number of nitrogens with zero attached hydrogens (tertiary/aromatic N) is 1. The maximum absolute atomic E-state index is 12.1. The molecule has 0 bridgehead atoms. The lowest BCUT2D eigenvalue weighted by atomic mass is 10.1. The van der Waals surface area contributed by atoms with E-state index in [0.29, 0.717) is 15.7 Å². The normalized spacial score (nSPS) is 12.2. The van der Waals surface area contributed by atoms with Crippen molar-refractivity contribution >= 4 is 41.0 Å². The number of carbonyl (C=O) groups excluding carboxylic acids is 1. The van der Waals surface area contributed by atoms with Gasteiger partial charge in [0.2, 0.25) is 6.10 Å². The van der Waals surface area contributed by atoms with E-state index >= 15 is 0 Å². The summed E-state index contributed by atoms with van der Waals surface area (Å²) in [7, 11) is 0. The van der Waals surface area contributed by atoms with E-state index in [9.17, 15) is 4.79 Å². The molecule has 0 aliphatic heterocycles. The predicted molar refractivity (Wildman–Crippen MR) is 94.4 cm³/mol. The average molecular weight is 351 g/mol. The number of hydrogen-bond acceptors (Lipinski definition) is 3. The van der Waals surface area contributed by atoms with Gasteiger partial charge in [-0.25, -0.2) is 0 Å².